The molecule has 3 nitrogen and oxygen atoms in total. The molecular formula is C6H9N2OS. The van der Waals surface area contributed by atoms with Crippen LogP contribution < -0.4 is 0 Å². The Hall–Kier alpha value is -0.640. The van der Waals surface area contributed by atoms with Crippen molar-refractivity contribution in [1.82, 2.24) is 10.2 Å². The number of nitrogens with zero attached hydrogens (tertiary/aromatic N) is 2. The molecule has 0 unspecified atom stereocenters. The zero-order valence-electron chi connectivity index (χ0n) is 6.00. The van der Waals surface area contributed by atoms with Crippen LogP contribution in [0.25, 0.3) is 0 Å². The molecule has 0 aromatic carbocycles. The zero-order chi connectivity index (χ0) is 7.56. The fourth-order valence-corrected chi connectivity index (χ4v) is 0.807. The van der Waals surface area contributed by atoms with E-state index >= 15 is 0 Å². The molecule has 1 aromatic rings. The maximum absolute atomic E-state index is 4.99. The first-order valence-corrected chi connectivity index (χ1v) is 3.58. The van der Waals surface area contributed by atoms with E-state index < -0.39 is 0 Å². The Labute approximate surface area is 65.2 Å². The molecule has 0 saturated carbocycles. The second-order valence-corrected chi connectivity index (χ2v) is 2.91. The normalized spacial score (nSPS) is 10.7. The van der Waals surface area contributed by atoms with E-state index in [4.69, 9.17) is 4.42 Å². The second kappa shape index (κ2) is 2.96. The average Bonchev–Trinajstić information content (AvgIpc) is 2.13. The van der Waals surface area contributed by atoms with Crippen molar-refractivity contribution < 1.29 is 4.42 Å². The zero-order valence-corrected chi connectivity index (χ0v) is 6.81. The van der Waals surface area contributed by atoms with Crippen LogP contribution in [0.3, 0.4) is 0 Å². The summed E-state index contributed by atoms with van der Waals surface area (Å²) in [5, 5.41) is 7.54. The van der Waals surface area contributed by atoms with Crippen LogP contribution in [-0.2, 0) is 6.42 Å². The standard InChI is InChI=1S/C6H9N2OS/c1-4(2)3-5-7-8-6(10)9-5/h4H,3H2,1-2H3. The minimum absolute atomic E-state index is 0.232. The van der Waals surface area contributed by atoms with Crippen molar-refractivity contribution in [3.8, 4) is 0 Å². The van der Waals surface area contributed by atoms with Crippen LogP contribution in [0.2, 0.25) is 0 Å². The third-order valence-electron chi connectivity index (χ3n) is 1.03. The van der Waals surface area contributed by atoms with Crippen molar-refractivity contribution in [2.45, 2.75) is 25.5 Å². The summed E-state index contributed by atoms with van der Waals surface area (Å²) < 4.78 is 4.99. The Morgan fingerprint density at radius 3 is 2.60 bits per heavy atom. The van der Waals surface area contributed by atoms with Gasteiger partial charge in [0.25, 0.3) is 0 Å². The minimum Gasteiger partial charge on any atom is -0.413 e. The van der Waals surface area contributed by atoms with Crippen molar-refractivity contribution in [3.63, 3.8) is 0 Å². The molecule has 0 amide bonds. The lowest BCUT2D eigenvalue weighted by Crippen LogP contribution is -1.93. The molecule has 0 atom stereocenters. The van der Waals surface area contributed by atoms with E-state index in [1.807, 2.05) is 0 Å². The maximum atomic E-state index is 4.99. The Kier molecular flexibility index (Phi) is 2.21. The average molecular weight is 157 g/mol. The lowest BCUT2D eigenvalue weighted by atomic mass is 10.1. The van der Waals surface area contributed by atoms with Gasteiger partial charge in [-0.3, -0.25) is 0 Å². The Balaban J connectivity index is 2.58. The first-order valence-electron chi connectivity index (χ1n) is 3.18. The largest absolute Gasteiger partial charge is 0.413 e. The van der Waals surface area contributed by atoms with Gasteiger partial charge in [0, 0.05) is 6.42 Å². The van der Waals surface area contributed by atoms with Crippen LogP contribution in [0.15, 0.2) is 9.64 Å². The van der Waals surface area contributed by atoms with E-state index in [-0.39, 0.29) is 5.22 Å². The van der Waals surface area contributed by atoms with Crippen molar-refractivity contribution >= 4 is 12.6 Å². The highest BCUT2D eigenvalue weighted by atomic mass is 32.1. The van der Waals surface area contributed by atoms with Gasteiger partial charge in [-0.2, -0.15) is 0 Å². The smallest absolute Gasteiger partial charge is 0.309 e. The van der Waals surface area contributed by atoms with Gasteiger partial charge in [0.2, 0.25) is 5.89 Å². The molecule has 0 aliphatic rings. The monoisotopic (exact) mass is 157 g/mol. The van der Waals surface area contributed by atoms with Gasteiger partial charge in [-0.05, 0) is 18.5 Å². The van der Waals surface area contributed by atoms with Gasteiger partial charge in [0.05, 0.1) is 0 Å². The molecule has 10 heavy (non-hydrogen) atoms. The van der Waals surface area contributed by atoms with E-state index in [1.54, 1.807) is 0 Å². The van der Waals surface area contributed by atoms with Crippen LogP contribution >= 0.6 is 12.6 Å². The quantitative estimate of drug-likeness (QED) is 0.657. The van der Waals surface area contributed by atoms with E-state index in [1.165, 1.54) is 0 Å². The molecule has 1 aromatic heterocycles. The summed E-state index contributed by atoms with van der Waals surface area (Å²) in [7, 11) is 0. The van der Waals surface area contributed by atoms with E-state index in [0.29, 0.717) is 11.8 Å². The highest BCUT2D eigenvalue weighted by Crippen LogP contribution is 2.08. The SMILES string of the molecule is CC(C)Cc1nnc([S])o1. The number of hydrogen-bond acceptors (Lipinski definition) is 3. The Morgan fingerprint density at radius 1 is 1.50 bits per heavy atom. The summed E-state index contributed by atoms with van der Waals surface area (Å²) in [5.74, 6) is 1.18. The summed E-state index contributed by atoms with van der Waals surface area (Å²) in [5.41, 5.74) is 0. The summed E-state index contributed by atoms with van der Waals surface area (Å²) in [6.07, 6.45) is 0.809. The molecule has 0 aliphatic heterocycles. The molecule has 1 rings (SSSR count). The number of rotatable bonds is 2. The van der Waals surface area contributed by atoms with E-state index in [2.05, 4.69) is 36.7 Å². The first kappa shape index (κ1) is 7.47. The highest BCUT2D eigenvalue weighted by Gasteiger charge is 2.04. The van der Waals surface area contributed by atoms with E-state index in [0.717, 1.165) is 6.42 Å². The topological polar surface area (TPSA) is 38.9 Å². The van der Waals surface area contributed by atoms with Crippen LogP contribution in [-0.4, -0.2) is 10.2 Å². The van der Waals surface area contributed by atoms with Crippen molar-refractivity contribution in [2.24, 2.45) is 5.92 Å². The highest BCUT2D eigenvalue weighted by molar-refractivity contribution is 7.80. The third kappa shape index (κ3) is 1.95. The number of aromatic nitrogens is 2. The predicted octanol–water partition coefficient (Wildman–Crippen LogP) is 1.82. The van der Waals surface area contributed by atoms with Crippen molar-refractivity contribution in [1.29, 1.82) is 0 Å². The van der Waals surface area contributed by atoms with Crippen LogP contribution in [0.4, 0.5) is 0 Å². The molecule has 0 N–H and O–H groups in total. The lowest BCUT2D eigenvalue weighted by Gasteiger charge is -1.95. The molecule has 4 heteroatoms. The molecule has 1 radical (unpaired) electrons. The fraction of sp³-hybridized carbons (Fsp3) is 0.667. The van der Waals surface area contributed by atoms with Gasteiger partial charge in [0.15, 0.2) is 0 Å². The molecule has 0 fully saturated rings. The van der Waals surface area contributed by atoms with Gasteiger partial charge < -0.3 is 4.42 Å². The first-order chi connectivity index (χ1) is 4.68. The van der Waals surface area contributed by atoms with Crippen molar-refractivity contribution in [2.75, 3.05) is 0 Å². The Morgan fingerprint density at radius 2 is 2.20 bits per heavy atom. The van der Waals surface area contributed by atoms with Crippen LogP contribution in [0.5, 0.6) is 0 Å². The van der Waals surface area contributed by atoms with Gasteiger partial charge in [-0.1, -0.05) is 18.9 Å². The van der Waals surface area contributed by atoms with E-state index in [9.17, 15) is 0 Å². The van der Waals surface area contributed by atoms with Gasteiger partial charge >= 0.3 is 5.22 Å². The van der Waals surface area contributed by atoms with Gasteiger partial charge in [0.1, 0.15) is 0 Å². The second-order valence-electron chi connectivity index (χ2n) is 2.56. The molecule has 0 bridgehead atoms. The summed E-state index contributed by atoms with van der Waals surface area (Å²) in [6.45, 7) is 4.18. The number of hydrogen-bond donors (Lipinski definition) is 0. The predicted molar refractivity (Wildman–Crippen MR) is 38.7 cm³/mol. The molecule has 0 aliphatic carbocycles. The molecule has 0 spiro atoms. The van der Waals surface area contributed by atoms with Crippen molar-refractivity contribution in [3.05, 3.63) is 5.89 Å². The Bertz CT molecular complexity index is 209. The summed E-state index contributed by atoms with van der Waals surface area (Å²) in [6, 6.07) is 0. The third-order valence-corrected chi connectivity index (χ3v) is 1.20. The van der Waals surface area contributed by atoms with Crippen LogP contribution in [0.1, 0.15) is 19.7 Å². The van der Waals surface area contributed by atoms with Crippen LogP contribution in [0, 0.1) is 5.92 Å². The maximum Gasteiger partial charge on any atom is 0.309 e. The summed E-state index contributed by atoms with van der Waals surface area (Å²) in [4.78, 5) is 0. The summed E-state index contributed by atoms with van der Waals surface area (Å²) >= 11 is 4.65. The lowest BCUT2D eigenvalue weighted by molar-refractivity contribution is 0.396. The molecule has 55 valence electrons. The van der Waals surface area contributed by atoms with Gasteiger partial charge in [-0.15, -0.1) is 5.10 Å². The minimum atomic E-state index is 0.232. The van der Waals surface area contributed by atoms with Gasteiger partial charge in [-0.25, -0.2) is 0 Å². The fourth-order valence-electron chi connectivity index (χ4n) is 0.670. The molecular weight excluding hydrogens is 148 g/mol. The molecule has 0 saturated heterocycles. The molecule has 1 heterocycles.